The fraction of sp³-hybridized carbons (Fsp3) is 0.243. The van der Waals surface area contributed by atoms with Crippen LogP contribution in [0.1, 0.15) is 47.2 Å². The maximum Gasteiger partial charge on any atom is -1.00 e. The molecular weight excluding hydrogens is 635 g/mol. The molecule has 41 heavy (non-hydrogen) atoms. The van der Waals surface area contributed by atoms with Crippen LogP contribution in [0.5, 0.6) is 0 Å². The van der Waals surface area contributed by atoms with Crippen LogP contribution >= 0.6 is 0 Å². The van der Waals surface area contributed by atoms with Crippen molar-refractivity contribution in [3.63, 3.8) is 0 Å². The van der Waals surface area contributed by atoms with Gasteiger partial charge in [-0.2, -0.15) is 0 Å². The molecule has 0 aromatic heterocycles. The van der Waals surface area contributed by atoms with Crippen LogP contribution in [0.15, 0.2) is 103 Å². The number of halogens is 2. The predicted octanol–water partition coefficient (Wildman–Crippen LogP) is 3.57. The number of hydrogen-bond donors (Lipinski definition) is 0. The summed E-state index contributed by atoms with van der Waals surface area (Å²) in [6.07, 6.45) is 2.21. The minimum atomic E-state index is -0.122. The van der Waals surface area contributed by atoms with Crippen molar-refractivity contribution >= 4 is 10.6 Å². The standard InChI is InChI=1S/2C15H17.C7H8Si.2ClH.Zr/c2*1-4-13-6-5-7-14(10-13)15-11(2)8-9-12(15)3;1-8-7-5-3-2-4-6-7;;;/h2*5-10H,4H2,1-3H3;2-6H,1H3;2*1H;/q2*-1;;;;+2/p-2. The van der Waals surface area contributed by atoms with Crippen LogP contribution in [0, 0.1) is 27.7 Å². The van der Waals surface area contributed by atoms with Crippen molar-refractivity contribution in [3.05, 3.63) is 137 Å². The molecule has 0 unspecified atom stereocenters. The number of aryl methyl sites for hydroxylation is 6. The van der Waals surface area contributed by atoms with Crippen molar-refractivity contribution < 1.29 is 48.1 Å². The number of benzene rings is 3. The summed E-state index contributed by atoms with van der Waals surface area (Å²) in [5, 5.41) is 1.56. The zero-order valence-electron chi connectivity index (χ0n) is 25.5. The van der Waals surface area contributed by atoms with Gasteiger partial charge in [0.15, 0.2) is 0 Å². The molecule has 0 atom stereocenters. The Kier molecular flexibility index (Phi) is 16.8. The first-order valence-electron chi connectivity index (χ1n) is 14.0. The molecule has 5 rings (SSSR count). The van der Waals surface area contributed by atoms with Gasteiger partial charge in [0.05, 0.1) is 0 Å². The molecule has 0 amide bonds. The molecule has 0 heterocycles. The average molecular weight is 677 g/mol. The molecule has 0 radical (unpaired) electrons. The van der Waals surface area contributed by atoms with E-state index in [1.165, 1.54) is 55.6 Å². The van der Waals surface area contributed by atoms with E-state index in [2.05, 4.69) is 151 Å². The van der Waals surface area contributed by atoms with Gasteiger partial charge >= 0.3 is 70.8 Å². The maximum absolute atomic E-state index is 2.35. The van der Waals surface area contributed by atoms with E-state index in [-0.39, 0.29) is 30.2 Å². The van der Waals surface area contributed by atoms with Crippen LogP contribution < -0.4 is 30.0 Å². The Balaban J connectivity index is 0.000000310. The molecule has 0 aliphatic carbocycles. The van der Waals surface area contributed by atoms with Crippen LogP contribution in [-0.4, -0.2) is 5.43 Å². The van der Waals surface area contributed by atoms with Gasteiger partial charge in [-0.3, -0.25) is 0 Å². The second kappa shape index (κ2) is 18.6. The minimum Gasteiger partial charge on any atom is -1.00 e. The summed E-state index contributed by atoms with van der Waals surface area (Å²) in [5.74, 6) is 0. The van der Waals surface area contributed by atoms with E-state index in [9.17, 15) is 0 Å². The summed E-state index contributed by atoms with van der Waals surface area (Å²) >= 11 is 1.69. The quantitative estimate of drug-likeness (QED) is 0.198. The van der Waals surface area contributed by atoms with E-state index >= 15 is 0 Å². The number of hydrogen-bond acceptors (Lipinski definition) is 0. The third-order valence-corrected chi connectivity index (χ3v) is 10.5. The fourth-order valence-corrected chi connectivity index (χ4v) is 6.87. The second-order valence-corrected chi connectivity index (χ2v) is 17.6. The van der Waals surface area contributed by atoms with E-state index in [1.807, 2.05) is 0 Å². The van der Waals surface area contributed by atoms with E-state index in [1.54, 1.807) is 28.5 Å². The van der Waals surface area contributed by atoms with Gasteiger partial charge in [-0.05, 0) is 12.8 Å². The first kappa shape index (κ1) is 37.1. The molecule has 0 nitrogen and oxygen atoms in total. The monoisotopic (exact) mass is 674 g/mol. The first-order valence-corrected chi connectivity index (χ1v) is 19.7. The van der Waals surface area contributed by atoms with Crippen LogP contribution in [0.2, 0.25) is 6.55 Å². The van der Waals surface area contributed by atoms with E-state index in [4.69, 9.17) is 0 Å². The molecule has 214 valence electrons. The van der Waals surface area contributed by atoms with E-state index < -0.39 is 0 Å². The SMILES string of the molecule is CCc1cccc(-[c-]2c(C)ccc2C)c1.CCc1cccc(-[c-]2c(C)ccc2C)c1.C[Si](=[Zr+2])c1ccccc1.[Cl-].[Cl-]. The molecule has 0 saturated heterocycles. The van der Waals surface area contributed by atoms with Crippen LogP contribution in [-0.2, 0) is 36.2 Å². The molecule has 5 aromatic rings. The average Bonchev–Trinajstić information content (AvgIpc) is 3.48. The van der Waals surface area contributed by atoms with Gasteiger partial charge < -0.3 is 24.8 Å². The van der Waals surface area contributed by atoms with Gasteiger partial charge in [0.2, 0.25) is 0 Å². The van der Waals surface area contributed by atoms with Gasteiger partial charge in [0, 0.05) is 0 Å². The second-order valence-electron chi connectivity index (χ2n) is 10.2. The zero-order chi connectivity index (χ0) is 28.4. The molecule has 0 aliphatic heterocycles. The summed E-state index contributed by atoms with van der Waals surface area (Å²) in [6.45, 7) is 15.5. The largest absolute Gasteiger partial charge is 1.00 e. The Morgan fingerprint density at radius 2 is 0.902 bits per heavy atom. The Morgan fingerprint density at radius 1 is 0.537 bits per heavy atom. The molecule has 0 fully saturated rings. The molecule has 0 saturated carbocycles. The molecular formula is C37H42Cl2SiZr-2. The summed E-state index contributed by atoms with van der Waals surface area (Å²) in [5.41, 5.74) is 13.7. The fourth-order valence-electron chi connectivity index (χ4n) is 4.95. The molecule has 0 bridgehead atoms. The molecule has 0 aliphatic rings. The van der Waals surface area contributed by atoms with Crippen LogP contribution in [0.3, 0.4) is 0 Å². The third-order valence-electron chi connectivity index (χ3n) is 7.20. The summed E-state index contributed by atoms with van der Waals surface area (Å²) in [6, 6.07) is 37.2. The van der Waals surface area contributed by atoms with Crippen molar-refractivity contribution in [3.8, 4) is 22.3 Å². The van der Waals surface area contributed by atoms with Crippen molar-refractivity contribution in [2.45, 2.75) is 60.9 Å². The normalized spacial score (nSPS) is 9.78. The van der Waals surface area contributed by atoms with Gasteiger partial charge in [0.25, 0.3) is 0 Å². The van der Waals surface area contributed by atoms with Crippen molar-refractivity contribution in [1.29, 1.82) is 0 Å². The Morgan fingerprint density at radius 3 is 1.20 bits per heavy atom. The summed E-state index contributed by atoms with van der Waals surface area (Å²) in [7, 11) is 0. The van der Waals surface area contributed by atoms with Gasteiger partial charge in [-0.1, -0.05) is 88.1 Å². The van der Waals surface area contributed by atoms with Crippen molar-refractivity contribution in [2.24, 2.45) is 0 Å². The first-order chi connectivity index (χ1) is 18.7. The van der Waals surface area contributed by atoms with Gasteiger partial charge in [-0.15, -0.1) is 81.9 Å². The predicted molar refractivity (Wildman–Crippen MR) is 170 cm³/mol. The molecule has 5 aromatic carbocycles. The molecule has 4 heteroatoms. The maximum atomic E-state index is 2.35. The van der Waals surface area contributed by atoms with E-state index in [0.717, 1.165) is 12.8 Å². The summed E-state index contributed by atoms with van der Waals surface area (Å²) < 4.78 is 0. The Hall–Kier alpha value is -1.96. The zero-order valence-corrected chi connectivity index (χ0v) is 30.5. The topological polar surface area (TPSA) is 0 Å². The van der Waals surface area contributed by atoms with Gasteiger partial charge in [-0.25, -0.2) is 0 Å². The van der Waals surface area contributed by atoms with Crippen molar-refractivity contribution in [1.82, 2.24) is 0 Å². The summed E-state index contributed by atoms with van der Waals surface area (Å²) in [4.78, 5) is 0. The van der Waals surface area contributed by atoms with Crippen LogP contribution in [0.25, 0.3) is 22.3 Å². The smallest absolute Gasteiger partial charge is 1.00 e. The van der Waals surface area contributed by atoms with Gasteiger partial charge in [0.1, 0.15) is 0 Å². The van der Waals surface area contributed by atoms with E-state index in [0.29, 0.717) is 0 Å². The molecule has 0 N–H and O–H groups in total. The third kappa shape index (κ3) is 10.7. The number of rotatable bonds is 5. The van der Waals surface area contributed by atoms with Crippen molar-refractivity contribution in [2.75, 3.05) is 0 Å². The van der Waals surface area contributed by atoms with Crippen LogP contribution in [0.4, 0.5) is 0 Å². The minimum absolute atomic E-state index is 0. The Labute approximate surface area is 276 Å². The Bertz CT molecular complexity index is 1370. The molecule has 0 spiro atoms.